The molecule has 0 saturated carbocycles. The Balaban J connectivity index is 3.18. The van der Waals surface area contributed by atoms with Crippen LogP contribution in [-0.4, -0.2) is 16.6 Å². The highest BCUT2D eigenvalue weighted by Crippen LogP contribution is 2.33. The zero-order chi connectivity index (χ0) is 13.9. The number of halogens is 3. The topological polar surface area (TPSA) is 61.0 Å². The fourth-order valence-electron chi connectivity index (χ4n) is 1.51. The van der Waals surface area contributed by atoms with Crippen LogP contribution < -0.4 is 5.73 Å². The molecule has 0 aliphatic heterocycles. The fraction of sp³-hybridized carbons (Fsp3) is 0.636. The van der Waals surface area contributed by atoms with Gasteiger partial charge in [0, 0.05) is 6.61 Å². The molecule has 0 aliphatic carbocycles. The average Bonchev–Trinajstić information content (AvgIpc) is 2.25. The highest BCUT2D eigenvalue weighted by Gasteiger charge is 2.36. The number of hydrogen-bond donors (Lipinski definition) is 1. The highest BCUT2D eigenvalue weighted by atomic mass is 19.4. The molecule has 0 spiro atoms. The van der Waals surface area contributed by atoms with E-state index in [1.807, 2.05) is 13.8 Å². The first kappa shape index (κ1) is 14.7. The van der Waals surface area contributed by atoms with Crippen molar-refractivity contribution in [1.82, 2.24) is 9.97 Å². The van der Waals surface area contributed by atoms with E-state index in [1.54, 1.807) is 6.92 Å². The molecule has 1 aromatic rings. The van der Waals surface area contributed by atoms with Crippen molar-refractivity contribution in [3.8, 4) is 0 Å². The van der Waals surface area contributed by atoms with E-state index in [0.29, 0.717) is 6.61 Å². The molecule has 1 rings (SSSR count). The molecule has 2 N–H and O–H groups in total. The summed E-state index contributed by atoms with van der Waals surface area (Å²) in [7, 11) is 0. The molecule has 0 radical (unpaired) electrons. The Morgan fingerprint density at radius 2 is 2.00 bits per heavy atom. The number of hydrogen-bond acceptors (Lipinski definition) is 4. The van der Waals surface area contributed by atoms with Gasteiger partial charge >= 0.3 is 6.18 Å². The molecule has 0 aliphatic rings. The van der Waals surface area contributed by atoms with Gasteiger partial charge in [0.15, 0.2) is 11.5 Å². The smallest absolute Gasteiger partial charge is 0.396 e. The molecule has 4 nitrogen and oxygen atoms in total. The summed E-state index contributed by atoms with van der Waals surface area (Å²) >= 11 is 0. The van der Waals surface area contributed by atoms with Gasteiger partial charge in [-0.3, -0.25) is 0 Å². The minimum absolute atomic E-state index is 0.00775. The van der Waals surface area contributed by atoms with Crippen LogP contribution >= 0.6 is 0 Å². The van der Waals surface area contributed by atoms with Crippen LogP contribution in [0.1, 0.15) is 38.4 Å². The third-order valence-electron chi connectivity index (χ3n) is 2.31. The number of nitrogens with two attached hydrogens (primary N) is 1. The summed E-state index contributed by atoms with van der Waals surface area (Å²) in [5.41, 5.74) is 3.65. The predicted octanol–water partition coefficient (Wildman–Crippen LogP) is 2.81. The molecular formula is C11H16F3N3O. The number of rotatable bonds is 4. The van der Waals surface area contributed by atoms with Crippen molar-refractivity contribution >= 4 is 5.69 Å². The fourth-order valence-corrected chi connectivity index (χ4v) is 1.51. The number of alkyl halides is 3. The van der Waals surface area contributed by atoms with Gasteiger partial charge in [0.25, 0.3) is 0 Å². The van der Waals surface area contributed by atoms with Crippen LogP contribution in [0.3, 0.4) is 0 Å². The molecule has 102 valence electrons. The largest absolute Gasteiger partial charge is 0.435 e. The van der Waals surface area contributed by atoms with Crippen LogP contribution in [0, 0.1) is 5.92 Å². The van der Waals surface area contributed by atoms with Crippen LogP contribution in [0.2, 0.25) is 0 Å². The summed E-state index contributed by atoms with van der Waals surface area (Å²) in [4.78, 5) is 7.33. The maximum Gasteiger partial charge on any atom is 0.435 e. The van der Waals surface area contributed by atoms with Crippen molar-refractivity contribution in [1.29, 1.82) is 0 Å². The first-order valence-electron chi connectivity index (χ1n) is 5.58. The molecule has 0 saturated heterocycles. The summed E-state index contributed by atoms with van der Waals surface area (Å²) in [5, 5.41) is 0. The van der Waals surface area contributed by atoms with Gasteiger partial charge in [-0.2, -0.15) is 13.2 Å². The van der Waals surface area contributed by atoms with Crippen molar-refractivity contribution in [2.24, 2.45) is 5.92 Å². The zero-order valence-corrected chi connectivity index (χ0v) is 10.5. The van der Waals surface area contributed by atoms with Gasteiger partial charge in [0.05, 0.1) is 11.9 Å². The van der Waals surface area contributed by atoms with E-state index in [-0.39, 0.29) is 11.7 Å². The predicted molar refractivity (Wildman–Crippen MR) is 60.7 cm³/mol. The minimum Gasteiger partial charge on any atom is -0.396 e. The van der Waals surface area contributed by atoms with Gasteiger partial charge in [-0.25, -0.2) is 9.97 Å². The highest BCUT2D eigenvalue weighted by molar-refractivity contribution is 5.42. The Morgan fingerprint density at radius 1 is 1.39 bits per heavy atom. The molecule has 18 heavy (non-hydrogen) atoms. The van der Waals surface area contributed by atoms with Crippen molar-refractivity contribution < 1.29 is 17.9 Å². The Bertz CT molecular complexity index is 407. The van der Waals surface area contributed by atoms with Crippen LogP contribution in [-0.2, 0) is 10.9 Å². The maximum atomic E-state index is 12.7. The number of nitrogen functional groups attached to an aromatic ring is 1. The second kappa shape index (κ2) is 5.51. The van der Waals surface area contributed by atoms with E-state index in [1.165, 1.54) is 0 Å². The molecular weight excluding hydrogens is 247 g/mol. The Kier molecular flexibility index (Phi) is 4.50. The number of anilines is 1. The van der Waals surface area contributed by atoms with E-state index in [0.717, 1.165) is 6.20 Å². The number of aromatic nitrogens is 2. The lowest BCUT2D eigenvalue weighted by molar-refractivity contribution is -0.140. The maximum absolute atomic E-state index is 12.7. The molecule has 0 amide bonds. The van der Waals surface area contributed by atoms with Gasteiger partial charge in [-0.05, 0) is 12.8 Å². The molecule has 1 heterocycles. The van der Waals surface area contributed by atoms with Crippen LogP contribution in [0.15, 0.2) is 6.20 Å². The van der Waals surface area contributed by atoms with Crippen LogP contribution in [0.5, 0.6) is 0 Å². The molecule has 0 fully saturated rings. The van der Waals surface area contributed by atoms with Gasteiger partial charge < -0.3 is 10.5 Å². The lowest BCUT2D eigenvalue weighted by Crippen LogP contribution is -2.19. The van der Waals surface area contributed by atoms with Gasteiger partial charge in [0.2, 0.25) is 0 Å². The van der Waals surface area contributed by atoms with E-state index >= 15 is 0 Å². The quantitative estimate of drug-likeness (QED) is 0.907. The molecule has 1 aromatic heterocycles. The summed E-state index contributed by atoms with van der Waals surface area (Å²) in [6, 6.07) is 0. The third-order valence-corrected chi connectivity index (χ3v) is 2.31. The summed E-state index contributed by atoms with van der Waals surface area (Å²) < 4.78 is 43.4. The molecule has 0 aromatic carbocycles. The van der Waals surface area contributed by atoms with Crippen LogP contribution in [0.4, 0.5) is 18.9 Å². The van der Waals surface area contributed by atoms with E-state index < -0.39 is 23.7 Å². The summed E-state index contributed by atoms with van der Waals surface area (Å²) in [6.45, 7) is 5.79. The Hall–Kier alpha value is -1.37. The van der Waals surface area contributed by atoms with Gasteiger partial charge in [-0.15, -0.1) is 0 Å². The number of nitrogens with zero attached hydrogens (tertiary/aromatic N) is 2. The molecule has 0 bridgehead atoms. The second-order valence-electron chi connectivity index (χ2n) is 4.15. The first-order valence-corrected chi connectivity index (χ1v) is 5.58. The van der Waals surface area contributed by atoms with E-state index in [2.05, 4.69) is 9.97 Å². The van der Waals surface area contributed by atoms with Crippen LogP contribution in [0.25, 0.3) is 0 Å². The van der Waals surface area contributed by atoms with E-state index in [9.17, 15) is 13.2 Å². The average molecular weight is 263 g/mol. The monoisotopic (exact) mass is 263 g/mol. The summed E-state index contributed by atoms with van der Waals surface area (Å²) in [5.74, 6) is -0.0250. The van der Waals surface area contributed by atoms with Crippen molar-refractivity contribution in [3.05, 3.63) is 17.7 Å². The second-order valence-corrected chi connectivity index (χ2v) is 4.15. The van der Waals surface area contributed by atoms with Crippen molar-refractivity contribution in [3.63, 3.8) is 0 Å². The molecule has 7 heteroatoms. The van der Waals surface area contributed by atoms with Crippen molar-refractivity contribution in [2.45, 2.75) is 33.1 Å². The van der Waals surface area contributed by atoms with Crippen molar-refractivity contribution in [2.75, 3.05) is 12.3 Å². The third kappa shape index (κ3) is 3.32. The van der Waals surface area contributed by atoms with E-state index in [4.69, 9.17) is 10.5 Å². The number of ether oxygens (including phenoxy) is 1. The lowest BCUT2D eigenvalue weighted by atomic mass is 10.1. The molecule has 1 unspecified atom stereocenters. The van der Waals surface area contributed by atoms with Gasteiger partial charge in [-0.1, -0.05) is 13.8 Å². The Morgan fingerprint density at radius 3 is 2.44 bits per heavy atom. The van der Waals surface area contributed by atoms with Gasteiger partial charge in [0.1, 0.15) is 6.10 Å². The zero-order valence-electron chi connectivity index (χ0n) is 10.5. The Labute approximate surface area is 103 Å². The SMILES string of the molecule is CCOC(c1ncc(N)c(C(F)(F)F)n1)C(C)C. The first-order chi connectivity index (χ1) is 8.27. The lowest BCUT2D eigenvalue weighted by Gasteiger charge is -2.20. The summed E-state index contributed by atoms with van der Waals surface area (Å²) in [6.07, 6.45) is -4.19. The standard InChI is InChI=1S/C11H16F3N3O/c1-4-18-8(6(2)3)10-16-5-7(15)9(17-10)11(12,13)14/h5-6,8H,4,15H2,1-3H3. The minimum atomic E-state index is -4.59. The molecule has 1 atom stereocenters. The normalized spacial score (nSPS) is 13.9.